The van der Waals surface area contributed by atoms with E-state index in [0.717, 1.165) is 44.9 Å². The van der Waals surface area contributed by atoms with Crippen molar-refractivity contribution in [3.8, 4) is 0 Å². The summed E-state index contributed by atoms with van der Waals surface area (Å²) in [6.07, 6.45) is 17.2. The summed E-state index contributed by atoms with van der Waals surface area (Å²) in [5.41, 5.74) is 1.40. The molecule has 0 aliphatic heterocycles. The van der Waals surface area contributed by atoms with E-state index in [9.17, 15) is 4.79 Å². The van der Waals surface area contributed by atoms with Crippen LogP contribution in [0.5, 0.6) is 0 Å². The Bertz CT molecular complexity index is 746. The Morgan fingerprint density at radius 3 is 2.13 bits per heavy atom. The molecule has 0 spiro atoms. The lowest BCUT2D eigenvalue weighted by Crippen LogP contribution is -2.46. The summed E-state index contributed by atoms with van der Waals surface area (Å²) in [4.78, 5) is 11.6. The van der Waals surface area contributed by atoms with Crippen LogP contribution in [0.25, 0.3) is 0 Å². The third-order valence-corrected chi connectivity index (χ3v) is 9.50. The highest BCUT2D eigenvalue weighted by Gasteiger charge is 2.43. The molecule has 0 radical (unpaired) electrons. The van der Waals surface area contributed by atoms with E-state index < -0.39 is 25.0 Å². The summed E-state index contributed by atoms with van der Waals surface area (Å²) in [5, 5.41) is 0. The van der Waals surface area contributed by atoms with Crippen molar-refractivity contribution in [3.63, 3.8) is 0 Å². The van der Waals surface area contributed by atoms with Gasteiger partial charge in [0, 0.05) is 12.3 Å². The quantitative estimate of drug-likeness (QED) is 0.0657. The number of ether oxygens (including phenoxy) is 1. The molecule has 3 unspecified atom stereocenters. The van der Waals surface area contributed by atoms with Crippen LogP contribution in [-0.2, 0) is 22.8 Å². The highest BCUT2D eigenvalue weighted by Crippen LogP contribution is 2.41. The first-order chi connectivity index (χ1) is 17.6. The summed E-state index contributed by atoms with van der Waals surface area (Å²) in [6.45, 7) is 22.8. The predicted octanol–water partition coefficient (Wildman–Crippen LogP) is 8.85. The lowest BCUT2D eigenvalue weighted by atomic mass is 9.86. The van der Waals surface area contributed by atoms with Gasteiger partial charge < -0.3 is 18.0 Å². The van der Waals surface area contributed by atoms with Gasteiger partial charge in [-0.25, -0.2) is 0 Å². The van der Waals surface area contributed by atoms with Gasteiger partial charge in [0.15, 0.2) is 25.0 Å². The molecule has 222 valence electrons. The molecule has 1 rings (SSSR count). The molecule has 0 saturated carbocycles. The standard InChI is InChI=1S/C30H60O5Si3/c1-12-13-14-15-17-20-26(33-36(3,4)5)25-23-24-28(35-38(9,10)11)30(25)27(34-37(6,7)8)21-18-16-19-22-29(31)32-2/h15,17,23,26-28,30H,12-14,16,18-22,24H2,1-11H3/b17-15+/t26?,27?,28?,30-/m0/s1. The molecule has 0 fully saturated rings. The van der Waals surface area contributed by atoms with Crippen molar-refractivity contribution in [2.24, 2.45) is 5.92 Å². The molecular weight excluding hydrogens is 525 g/mol. The number of methoxy groups -OCH3 is 1. The number of carbonyl (C=O) groups excluding carboxylic acids is 1. The summed E-state index contributed by atoms with van der Waals surface area (Å²) in [6, 6.07) is 0. The van der Waals surface area contributed by atoms with E-state index in [2.05, 4.69) is 84.1 Å². The number of esters is 1. The topological polar surface area (TPSA) is 54.0 Å². The molecule has 0 bridgehead atoms. The largest absolute Gasteiger partial charge is 0.469 e. The minimum absolute atomic E-state index is 0.0758. The lowest BCUT2D eigenvalue weighted by Gasteiger charge is -2.40. The van der Waals surface area contributed by atoms with Gasteiger partial charge in [-0.3, -0.25) is 4.79 Å². The van der Waals surface area contributed by atoms with Crippen LogP contribution in [0.3, 0.4) is 0 Å². The highest BCUT2D eigenvalue weighted by molar-refractivity contribution is 6.70. The number of unbranched alkanes of at least 4 members (excludes halogenated alkanes) is 4. The van der Waals surface area contributed by atoms with Crippen molar-refractivity contribution in [2.75, 3.05) is 7.11 Å². The van der Waals surface area contributed by atoms with Gasteiger partial charge in [0.2, 0.25) is 0 Å². The lowest BCUT2D eigenvalue weighted by molar-refractivity contribution is -0.140. The zero-order valence-electron chi connectivity index (χ0n) is 26.7. The minimum atomic E-state index is -1.81. The Balaban J connectivity index is 3.26. The first-order valence-corrected chi connectivity index (χ1v) is 25.2. The molecule has 0 aromatic carbocycles. The Morgan fingerprint density at radius 2 is 1.58 bits per heavy atom. The predicted molar refractivity (Wildman–Crippen MR) is 169 cm³/mol. The summed E-state index contributed by atoms with van der Waals surface area (Å²) >= 11 is 0. The maximum absolute atomic E-state index is 11.6. The fourth-order valence-electron chi connectivity index (χ4n) is 5.12. The molecule has 1 aliphatic carbocycles. The summed E-state index contributed by atoms with van der Waals surface area (Å²) < 4.78 is 25.5. The average molecular weight is 585 g/mol. The second kappa shape index (κ2) is 16.7. The smallest absolute Gasteiger partial charge is 0.305 e. The van der Waals surface area contributed by atoms with Gasteiger partial charge in [-0.05, 0) is 96.6 Å². The van der Waals surface area contributed by atoms with Crippen LogP contribution in [0.15, 0.2) is 23.8 Å². The zero-order valence-corrected chi connectivity index (χ0v) is 29.7. The van der Waals surface area contributed by atoms with Gasteiger partial charge in [-0.2, -0.15) is 0 Å². The molecule has 0 N–H and O–H groups in total. The zero-order chi connectivity index (χ0) is 29.0. The normalized spacial score (nSPS) is 20.6. The van der Waals surface area contributed by atoms with E-state index in [0.29, 0.717) is 6.42 Å². The van der Waals surface area contributed by atoms with Crippen LogP contribution < -0.4 is 0 Å². The first-order valence-electron chi connectivity index (χ1n) is 15.0. The average Bonchev–Trinajstić information content (AvgIpc) is 3.17. The molecule has 4 atom stereocenters. The maximum Gasteiger partial charge on any atom is 0.305 e. The van der Waals surface area contributed by atoms with Crippen LogP contribution in [-0.4, -0.2) is 56.3 Å². The third-order valence-electron chi connectivity index (χ3n) is 6.49. The minimum Gasteiger partial charge on any atom is -0.469 e. The van der Waals surface area contributed by atoms with Crippen LogP contribution in [0, 0.1) is 5.92 Å². The second-order valence-electron chi connectivity index (χ2n) is 13.7. The fourth-order valence-corrected chi connectivity index (χ4v) is 8.53. The molecule has 8 heteroatoms. The van der Waals surface area contributed by atoms with Crippen molar-refractivity contribution in [3.05, 3.63) is 23.8 Å². The van der Waals surface area contributed by atoms with Crippen molar-refractivity contribution in [1.29, 1.82) is 0 Å². The van der Waals surface area contributed by atoms with Gasteiger partial charge in [0.25, 0.3) is 0 Å². The Kier molecular flexibility index (Phi) is 15.6. The number of hydrogen-bond donors (Lipinski definition) is 0. The van der Waals surface area contributed by atoms with Gasteiger partial charge in [0.1, 0.15) is 0 Å². The van der Waals surface area contributed by atoms with Crippen molar-refractivity contribution < 1.29 is 22.8 Å². The highest BCUT2D eigenvalue weighted by atomic mass is 28.4. The molecule has 1 aliphatic rings. The molecule has 5 nitrogen and oxygen atoms in total. The molecule has 0 heterocycles. The Morgan fingerprint density at radius 1 is 0.921 bits per heavy atom. The number of allylic oxidation sites excluding steroid dienone is 1. The van der Waals surface area contributed by atoms with Crippen LogP contribution in [0.1, 0.15) is 71.1 Å². The van der Waals surface area contributed by atoms with Crippen LogP contribution in [0.2, 0.25) is 58.9 Å². The van der Waals surface area contributed by atoms with Crippen molar-refractivity contribution in [1.82, 2.24) is 0 Å². The fraction of sp³-hybridized carbons (Fsp3) is 0.833. The SMILES string of the molecule is CCCC/C=C/CC(O[Si](C)(C)C)C1=CCC(O[Si](C)(C)C)[C@@H]1C(CCCCCC(=O)OC)O[Si](C)(C)C. The number of hydrogen-bond acceptors (Lipinski definition) is 5. The molecular formula is C30H60O5Si3. The second-order valence-corrected chi connectivity index (χ2v) is 27.1. The Hall–Kier alpha value is -0.519. The van der Waals surface area contributed by atoms with Crippen molar-refractivity contribution in [2.45, 2.75) is 148 Å². The Labute approximate surface area is 238 Å². The van der Waals surface area contributed by atoms with Gasteiger partial charge in [0.05, 0.1) is 25.4 Å². The van der Waals surface area contributed by atoms with Gasteiger partial charge in [-0.15, -0.1) is 0 Å². The maximum atomic E-state index is 11.6. The van der Waals surface area contributed by atoms with E-state index in [-0.39, 0.29) is 30.2 Å². The molecule has 38 heavy (non-hydrogen) atoms. The molecule has 0 amide bonds. The molecule has 0 saturated heterocycles. The van der Waals surface area contributed by atoms with Crippen molar-refractivity contribution >= 4 is 30.9 Å². The number of carbonyl (C=O) groups is 1. The van der Waals surface area contributed by atoms with E-state index in [1.807, 2.05) is 0 Å². The summed E-state index contributed by atoms with van der Waals surface area (Å²) in [5.74, 6) is 0.0855. The van der Waals surface area contributed by atoms with E-state index >= 15 is 0 Å². The van der Waals surface area contributed by atoms with Crippen LogP contribution >= 0.6 is 0 Å². The van der Waals surface area contributed by atoms with Gasteiger partial charge in [-0.1, -0.05) is 50.8 Å². The molecule has 0 aromatic rings. The summed E-state index contributed by atoms with van der Waals surface area (Å²) in [7, 11) is -3.88. The van der Waals surface area contributed by atoms with E-state index in [1.54, 1.807) is 0 Å². The van der Waals surface area contributed by atoms with Crippen LogP contribution in [0.4, 0.5) is 0 Å². The first kappa shape index (κ1) is 35.5. The molecule has 0 aromatic heterocycles. The third kappa shape index (κ3) is 15.3. The van der Waals surface area contributed by atoms with E-state index in [1.165, 1.54) is 25.5 Å². The van der Waals surface area contributed by atoms with E-state index in [4.69, 9.17) is 18.0 Å². The van der Waals surface area contributed by atoms with Gasteiger partial charge >= 0.3 is 5.97 Å². The number of rotatable bonds is 19. The monoisotopic (exact) mass is 584 g/mol.